The Bertz CT molecular complexity index is 512. The summed E-state index contributed by atoms with van der Waals surface area (Å²) in [5, 5.41) is 11.7. The quantitative estimate of drug-likeness (QED) is 0.867. The minimum absolute atomic E-state index is 0.0512. The van der Waals surface area contributed by atoms with E-state index in [-0.39, 0.29) is 11.9 Å². The molecule has 2 heterocycles. The monoisotopic (exact) mass is 277 g/mol. The lowest BCUT2D eigenvalue weighted by Crippen LogP contribution is -2.56. The van der Waals surface area contributed by atoms with Crippen molar-refractivity contribution in [2.24, 2.45) is 11.8 Å². The molecule has 2 amide bonds. The van der Waals surface area contributed by atoms with E-state index in [9.17, 15) is 9.59 Å². The van der Waals surface area contributed by atoms with Crippen LogP contribution < -0.4 is 5.32 Å². The minimum Gasteiger partial charge on any atom is -0.481 e. The van der Waals surface area contributed by atoms with Gasteiger partial charge in [-0.05, 0) is 19.1 Å². The van der Waals surface area contributed by atoms with Crippen LogP contribution in [0.2, 0.25) is 0 Å². The van der Waals surface area contributed by atoms with Crippen molar-refractivity contribution in [3.8, 4) is 0 Å². The maximum absolute atomic E-state index is 11.9. The number of aliphatic carboxylic acids is 1. The highest BCUT2D eigenvalue weighted by molar-refractivity contribution is 5.76. The van der Waals surface area contributed by atoms with Crippen LogP contribution in [0.4, 0.5) is 4.79 Å². The largest absolute Gasteiger partial charge is 0.481 e. The molecule has 2 rings (SSSR count). The predicted octanol–water partition coefficient (Wildman–Crippen LogP) is 1.25. The van der Waals surface area contributed by atoms with Gasteiger partial charge in [0.25, 0.3) is 0 Å². The van der Waals surface area contributed by atoms with Gasteiger partial charge in [0.05, 0.1) is 18.2 Å². The number of nitrogens with one attached hydrogen (secondary N) is 1. The van der Waals surface area contributed by atoms with Crippen molar-refractivity contribution in [1.82, 2.24) is 15.2 Å². The molecule has 6 nitrogen and oxygen atoms in total. The Labute approximate surface area is 117 Å². The first-order chi connectivity index (χ1) is 9.47. The number of carboxylic acids is 1. The summed E-state index contributed by atoms with van der Waals surface area (Å²) in [6.07, 6.45) is 0. The number of carboxylic acid groups (broad SMARTS) is 1. The highest BCUT2D eigenvalue weighted by atomic mass is 16.4. The fraction of sp³-hybridized carbons (Fsp3) is 0.500. The molecule has 1 atom stereocenters. The first kappa shape index (κ1) is 14.3. The third-order valence-corrected chi connectivity index (χ3v) is 3.66. The number of pyridine rings is 1. The zero-order chi connectivity index (χ0) is 14.7. The second-order valence-electron chi connectivity index (χ2n) is 5.22. The number of aryl methyl sites for hydroxylation is 1. The Hall–Kier alpha value is -2.11. The Morgan fingerprint density at radius 2 is 2.20 bits per heavy atom. The van der Waals surface area contributed by atoms with Gasteiger partial charge in [0.2, 0.25) is 0 Å². The number of rotatable bonds is 4. The highest BCUT2D eigenvalue weighted by Gasteiger charge is 2.37. The van der Waals surface area contributed by atoms with Crippen molar-refractivity contribution < 1.29 is 14.7 Å². The molecular weight excluding hydrogens is 258 g/mol. The Kier molecular flexibility index (Phi) is 4.22. The Morgan fingerprint density at radius 3 is 2.80 bits per heavy atom. The molecule has 1 aromatic rings. The summed E-state index contributed by atoms with van der Waals surface area (Å²) in [7, 11) is 0. The molecule has 0 saturated carbocycles. The molecule has 1 aliphatic rings. The molecule has 1 aromatic heterocycles. The van der Waals surface area contributed by atoms with Crippen LogP contribution in [0.25, 0.3) is 0 Å². The van der Waals surface area contributed by atoms with E-state index in [0.29, 0.717) is 19.6 Å². The van der Waals surface area contributed by atoms with Crippen molar-refractivity contribution >= 4 is 12.0 Å². The van der Waals surface area contributed by atoms with E-state index in [0.717, 1.165) is 11.4 Å². The predicted molar refractivity (Wildman–Crippen MR) is 73.1 cm³/mol. The number of carbonyl (C=O) groups excluding carboxylic acids is 1. The molecule has 0 aromatic carbocycles. The summed E-state index contributed by atoms with van der Waals surface area (Å²) in [6.45, 7) is 4.97. The Balaban J connectivity index is 1.76. The van der Waals surface area contributed by atoms with Gasteiger partial charge < -0.3 is 15.3 Å². The number of hydrogen-bond acceptors (Lipinski definition) is 3. The molecule has 108 valence electrons. The lowest BCUT2D eigenvalue weighted by molar-refractivity contribution is -0.144. The number of carbonyl (C=O) groups is 2. The Morgan fingerprint density at radius 1 is 1.50 bits per heavy atom. The SMILES string of the molecule is Cc1cccc(CNC(=O)N2CC(C(C)C(=O)O)C2)n1. The van der Waals surface area contributed by atoms with E-state index in [1.165, 1.54) is 0 Å². The molecule has 20 heavy (non-hydrogen) atoms. The van der Waals surface area contributed by atoms with E-state index in [2.05, 4.69) is 10.3 Å². The molecule has 2 N–H and O–H groups in total. The van der Waals surface area contributed by atoms with Gasteiger partial charge >= 0.3 is 12.0 Å². The zero-order valence-electron chi connectivity index (χ0n) is 11.7. The number of amides is 2. The van der Waals surface area contributed by atoms with Crippen LogP contribution in [0, 0.1) is 18.8 Å². The lowest BCUT2D eigenvalue weighted by Gasteiger charge is -2.41. The topological polar surface area (TPSA) is 82.5 Å². The molecule has 0 aliphatic carbocycles. The molecule has 6 heteroatoms. The molecule has 0 radical (unpaired) electrons. The summed E-state index contributed by atoms with van der Waals surface area (Å²) in [5.41, 5.74) is 1.73. The van der Waals surface area contributed by atoms with Crippen LogP contribution in [0.15, 0.2) is 18.2 Å². The van der Waals surface area contributed by atoms with Crippen molar-refractivity contribution in [3.63, 3.8) is 0 Å². The second-order valence-corrected chi connectivity index (χ2v) is 5.22. The van der Waals surface area contributed by atoms with E-state index < -0.39 is 11.9 Å². The van der Waals surface area contributed by atoms with E-state index in [4.69, 9.17) is 5.11 Å². The highest BCUT2D eigenvalue weighted by Crippen LogP contribution is 2.23. The summed E-state index contributed by atoms with van der Waals surface area (Å²) in [5.74, 6) is -1.16. The van der Waals surface area contributed by atoms with Gasteiger partial charge in [-0.25, -0.2) is 4.79 Å². The zero-order valence-corrected chi connectivity index (χ0v) is 11.7. The van der Waals surface area contributed by atoms with E-state index in [1.807, 2.05) is 25.1 Å². The van der Waals surface area contributed by atoms with Crippen LogP contribution in [-0.2, 0) is 11.3 Å². The van der Waals surface area contributed by atoms with Crippen molar-refractivity contribution in [2.75, 3.05) is 13.1 Å². The summed E-state index contributed by atoms with van der Waals surface area (Å²) < 4.78 is 0. The molecular formula is C14H19N3O3. The smallest absolute Gasteiger partial charge is 0.317 e. The van der Waals surface area contributed by atoms with Crippen LogP contribution in [0.1, 0.15) is 18.3 Å². The molecule has 1 saturated heterocycles. The fourth-order valence-electron chi connectivity index (χ4n) is 2.17. The number of aromatic nitrogens is 1. The number of urea groups is 1. The van der Waals surface area contributed by atoms with Gasteiger partial charge in [-0.2, -0.15) is 0 Å². The van der Waals surface area contributed by atoms with E-state index in [1.54, 1.807) is 11.8 Å². The lowest BCUT2D eigenvalue weighted by atomic mass is 9.87. The van der Waals surface area contributed by atoms with Gasteiger partial charge in [-0.1, -0.05) is 13.0 Å². The average molecular weight is 277 g/mol. The number of nitrogens with zero attached hydrogens (tertiary/aromatic N) is 2. The standard InChI is InChI=1S/C14H19N3O3/c1-9-4-3-5-12(16-9)6-15-14(20)17-7-11(8-17)10(2)13(18)19/h3-5,10-11H,6-8H2,1-2H3,(H,15,20)(H,18,19). The van der Waals surface area contributed by atoms with Crippen LogP contribution in [0.3, 0.4) is 0 Å². The van der Waals surface area contributed by atoms with Crippen LogP contribution in [0.5, 0.6) is 0 Å². The first-order valence-electron chi connectivity index (χ1n) is 6.65. The van der Waals surface area contributed by atoms with Gasteiger partial charge in [-0.3, -0.25) is 9.78 Å². The maximum atomic E-state index is 11.9. The summed E-state index contributed by atoms with van der Waals surface area (Å²) in [4.78, 5) is 28.6. The van der Waals surface area contributed by atoms with Gasteiger partial charge in [0.1, 0.15) is 0 Å². The van der Waals surface area contributed by atoms with Gasteiger partial charge in [0, 0.05) is 24.7 Å². The van der Waals surface area contributed by atoms with Gasteiger partial charge in [-0.15, -0.1) is 0 Å². The van der Waals surface area contributed by atoms with Gasteiger partial charge in [0.15, 0.2) is 0 Å². The molecule has 0 bridgehead atoms. The van der Waals surface area contributed by atoms with E-state index >= 15 is 0 Å². The third kappa shape index (κ3) is 3.26. The first-order valence-corrected chi connectivity index (χ1v) is 6.65. The molecule has 1 fully saturated rings. The average Bonchev–Trinajstić information content (AvgIpc) is 2.34. The van der Waals surface area contributed by atoms with Crippen LogP contribution in [-0.4, -0.2) is 40.1 Å². The molecule has 0 spiro atoms. The van der Waals surface area contributed by atoms with Crippen molar-refractivity contribution in [2.45, 2.75) is 20.4 Å². The molecule has 1 aliphatic heterocycles. The van der Waals surface area contributed by atoms with Crippen molar-refractivity contribution in [1.29, 1.82) is 0 Å². The summed E-state index contributed by atoms with van der Waals surface area (Å²) in [6, 6.07) is 5.50. The second kappa shape index (κ2) is 5.90. The fourth-order valence-corrected chi connectivity index (χ4v) is 2.17. The van der Waals surface area contributed by atoms with Crippen molar-refractivity contribution in [3.05, 3.63) is 29.6 Å². The number of hydrogen-bond donors (Lipinski definition) is 2. The molecule has 1 unspecified atom stereocenters. The summed E-state index contributed by atoms with van der Waals surface area (Å²) >= 11 is 0. The maximum Gasteiger partial charge on any atom is 0.317 e. The van der Waals surface area contributed by atoms with Crippen LogP contribution >= 0.6 is 0 Å². The normalized spacial score (nSPS) is 16.4. The third-order valence-electron chi connectivity index (χ3n) is 3.66. The number of likely N-dealkylation sites (tertiary alicyclic amines) is 1. The minimum atomic E-state index is -0.806.